The molecule has 1 heterocycles. The molecule has 10 heteroatoms. The Kier molecular flexibility index (Phi) is 10.3. The Labute approximate surface area is 221 Å². The van der Waals surface area contributed by atoms with E-state index in [-0.39, 0.29) is 32.0 Å². The molecule has 5 N–H and O–H groups in total. The van der Waals surface area contributed by atoms with E-state index in [1.807, 2.05) is 24.3 Å². The fraction of sp³-hybridized carbons (Fsp3) is 0.321. The maximum atomic E-state index is 13.5. The quantitative estimate of drug-likeness (QED) is 0.207. The van der Waals surface area contributed by atoms with Crippen LogP contribution < -0.4 is 16.0 Å². The molecular formula is C28H33N5O5. The minimum absolute atomic E-state index is 0.0111. The van der Waals surface area contributed by atoms with Crippen LogP contribution in [-0.4, -0.2) is 59.5 Å². The molecule has 0 unspecified atom stereocenters. The molecule has 2 atom stereocenters. The molecule has 0 bridgehead atoms. The molecule has 0 fully saturated rings. The van der Waals surface area contributed by atoms with Crippen molar-refractivity contribution in [1.29, 1.82) is 5.41 Å². The first-order valence-corrected chi connectivity index (χ1v) is 12.4. The number of anilines is 1. The highest BCUT2D eigenvalue weighted by Gasteiger charge is 2.28. The van der Waals surface area contributed by atoms with Crippen LogP contribution in [0.4, 0.5) is 5.69 Å². The van der Waals surface area contributed by atoms with Crippen LogP contribution in [0.5, 0.6) is 0 Å². The average Bonchev–Trinajstić information content (AvgIpc) is 3.32. The normalized spacial score (nSPS) is 12.5. The van der Waals surface area contributed by atoms with E-state index in [0.29, 0.717) is 11.9 Å². The Hall–Kier alpha value is -4.31. The van der Waals surface area contributed by atoms with E-state index in [1.165, 1.54) is 0 Å². The molecule has 0 spiro atoms. The second-order valence-electron chi connectivity index (χ2n) is 9.11. The number of ketones is 1. The Morgan fingerprint density at radius 1 is 0.947 bits per heavy atom. The zero-order valence-electron chi connectivity index (χ0n) is 21.5. The van der Waals surface area contributed by atoms with Gasteiger partial charge in [0.25, 0.3) is 0 Å². The molecule has 200 valence electrons. The number of carbonyl (C=O) groups excluding carboxylic acids is 4. The summed E-state index contributed by atoms with van der Waals surface area (Å²) in [6.45, 7) is 3.38. The fourth-order valence-electron chi connectivity index (χ4n) is 3.86. The van der Waals surface area contributed by atoms with Crippen molar-refractivity contribution in [2.45, 2.75) is 51.3 Å². The Bertz CT molecular complexity index is 1270. The number of para-hydroxylation sites is 2. The number of aromatic amines is 1. The van der Waals surface area contributed by atoms with E-state index in [1.54, 1.807) is 50.4 Å². The molecular weight excluding hydrogens is 486 g/mol. The third-order valence-electron chi connectivity index (χ3n) is 5.81. The maximum absolute atomic E-state index is 13.5. The van der Waals surface area contributed by atoms with E-state index in [4.69, 9.17) is 10.1 Å². The van der Waals surface area contributed by atoms with Crippen LogP contribution in [0.25, 0.3) is 10.9 Å². The van der Waals surface area contributed by atoms with Crippen LogP contribution in [0.3, 0.4) is 0 Å². The van der Waals surface area contributed by atoms with Crippen LogP contribution in [0.2, 0.25) is 0 Å². The summed E-state index contributed by atoms with van der Waals surface area (Å²) >= 11 is 0. The minimum atomic E-state index is -1.07. The molecule has 10 nitrogen and oxygen atoms in total. The minimum Gasteiger partial charge on any atom is -0.369 e. The van der Waals surface area contributed by atoms with Gasteiger partial charge in [-0.3, -0.25) is 19.2 Å². The van der Waals surface area contributed by atoms with Gasteiger partial charge in [0, 0.05) is 35.6 Å². The smallest absolute Gasteiger partial charge is 0.246 e. The van der Waals surface area contributed by atoms with Crippen LogP contribution in [-0.2, 0) is 30.3 Å². The predicted octanol–water partition coefficient (Wildman–Crippen LogP) is 2.74. The van der Waals surface area contributed by atoms with Gasteiger partial charge >= 0.3 is 0 Å². The maximum Gasteiger partial charge on any atom is 0.246 e. The van der Waals surface area contributed by atoms with Crippen LogP contribution >= 0.6 is 0 Å². The third-order valence-corrected chi connectivity index (χ3v) is 5.81. The van der Waals surface area contributed by atoms with E-state index in [0.717, 1.165) is 16.5 Å². The lowest BCUT2D eigenvalue weighted by Gasteiger charge is -2.23. The second-order valence-corrected chi connectivity index (χ2v) is 9.11. The van der Waals surface area contributed by atoms with Gasteiger partial charge in [0.15, 0.2) is 5.78 Å². The molecule has 0 saturated carbocycles. The van der Waals surface area contributed by atoms with Crippen molar-refractivity contribution in [2.24, 2.45) is 0 Å². The first kappa shape index (κ1) is 28.3. The lowest BCUT2D eigenvalue weighted by atomic mass is 10.0. The Morgan fingerprint density at radius 2 is 1.66 bits per heavy atom. The number of H-pyrrole nitrogens is 1. The highest BCUT2D eigenvalue weighted by atomic mass is 16.5. The van der Waals surface area contributed by atoms with Crippen LogP contribution in [0.15, 0.2) is 60.8 Å². The summed E-state index contributed by atoms with van der Waals surface area (Å²) in [4.78, 5) is 54.0. The van der Waals surface area contributed by atoms with Crippen LogP contribution in [0, 0.1) is 5.41 Å². The number of carbonyl (C=O) groups is 4. The molecule has 0 saturated heterocycles. The zero-order chi connectivity index (χ0) is 27.5. The van der Waals surface area contributed by atoms with Crippen molar-refractivity contribution in [3.8, 4) is 0 Å². The van der Waals surface area contributed by atoms with Crippen molar-refractivity contribution in [3.05, 3.63) is 66.4 Å². The van der Waals surface area contributed by atoms with E-state index in [9.17, 15) is 19.2 Å². The second kappa shape index (κ2) is 13.8. The van der Waals surface area contributed by atoms with Crippen molar-refractivity contribution < 1.29 is 23.9 Å². The molecule has 0 aliphatic carbocycles. The van der Waals surface area contributed by atoms with Crippen LogP contribution in [0.1, 0.15) is 32.3 Å². The van der Waals surface area contributed by atoms with Gasteiger partial charge in [0.05, 0.1) is 12.3 Å². The van der Waals surface area contributed by atoms with E-state index in [2.05, 4.69) is 20.9 Å². The predicted molar refractivity (Wildman–Crippen MR) is 145 cm³/mol. The molecule has 3 rings (SSSR count). The van der Waals surface area contributed by atoms with Gasteiger partial charge in [0.2, 0.25) is 17.7 Å². The first-order valence-electron chi connectivity index (χ1n) is 12.4. The van der Waals surface area contributed by atoms with Gasteiger partial charge in [-0.25, -0.2) is 0 Å². The number of amides is 3. The lowest BCUT2D eigenvalue weighted by molar-refractivity contribution is -0.133. The zero-order valence-corrected chi connectivity index (χ0v) is 21.5. The summed E-state index contributed by atoms with van der Waals surface area (Å²) in [5, 5.41) is 16.2. The van der Waals surface area contributed by atoms with Gasteiger partial charge in [-0.15, -0.1) is 0 Å². The molecule has 1 aromatic heterocycles. The Balaban J connectivity index is 1.81. The summed E-state index contributed by atoms with van der Waals surface area (Å²) in [5.74, 6) is -2.03. The topological polar surface area (TPSA) is 153 Å². The van der Waals surface area contributed by atoms with Gasteiger partial charge in [-0.05, 0) is 44.0 Å². The first-order chi connectivity index (χ1) is 18.3. The number of rotatable bonds is 14. The third kappa shape index (κ3) is 8.38. The Morgan fingerprint density at radius 3 is 2.37 bits per heavy atom. The number of nitrogens with one attached hydrogen (secondary N) is 5. The highest BCUT2D eigenvalue weighted by Crippen LogP contribution is 2.19. The number of hydrogen-bond donors (Lipinski definition) is 5. The number of ether oxygens (including phenoxy) is 1. The number of benzene rings is 2. The van der Waals surface area contributed by atoms with Crippen molar-refractivity contribution >= 4 is 46.3 Å². The average molecular weight is 520 g/mol. The van der Waals surface area contributed by atoms with Crippen molar-refractivity contribution in [2.75, 3.05) is 11.9 Å². The summed E-state index contributed by atoms with van der Waals surface area (Å²) in [6, 6.07) is 14.2. The lowest BCUT2D eigenvalue weighted by Crippen LogP contribution is -2.54. The van der Waals surface area contributed by atoms with Gasteiger partial charge < -0.3 is 31.1 Å². The van der Waals surface area contributed by atoms with Gasteiger partial charge in [0.1, 0.15) is 18.7 Å². The summed E-state index contributed by atoms with van der Waals surface area (Å²) in [5.41, 5.74) is 2.24. The van der Waals surface area contributed by atoms with E-state index < -0.39 is 35.6 Å². The fourth-order valence-corrected chi connectivity index (χ4v) is 3.86. The summed E-state index contributed by atoms with van der Waals surface area (Å²) in [6.07, 6.45) is 2.35. The summed E-state index contributed by atoms with van der Waals surface area (Å²) in [7, 11) is 0. The molecule has 2 aromatic carbocycles. The summed E-state index contributed by atoms with van der Waals surface area (Å²) < 4.78 is 5.38. The standard InChI is InChI=1S/C28H33N5O5/c1-18(2)38-17-26(35)32-25(14-19-16-30-23-11-7-6-10-22(19)23)28(37)33-24(13-12-21(34)15-29)27(36)31-20-8-4-3-5-9-20/h3-11,15-16,18,24-25,29-30H,12-14,17H2,1-2H3,(H,31,36)(H,32,35)(H,33,37)/t24-,25-/m0/s1. The number of aromatic nitrogens is 1. The molecule has 38 heavy (non-hydrogen) atoms. The molecule has 3 amide bonds. The van der Waals surface area contributed by atoms with Gasteiger partial charge in [-0.2, -0.15) is 0 Å². The number of Topliss-reactive ketones (excluding diaryl/α,β-unsaturated/α-hetero) is 1. The molecule has 0 aliphatic heterocycles. The SMILES string of the molecule is CC(C)OCC(=O)N[C@@H](Cc1c[nH]c2ccccc12)C(=O)N[C@@H](CCC(=O)C=N)C(=O)Nc1ccccc1. The monoisotopic (exact) mass is 519 g/mol. The number of hydrogen-bond acceptors (Lipinski definition) is 6. The molecule has 0 aliphatic rings. The van der Waals surface area contributed by atoms with Crippen molar-refractivity contribution in [3.63, 3.8) is 0 Å². The highest BCUT2D eigenvalue weighted by molar-refractivity contribution is 6.26. The van der Waals surface area contributed by atoms with Gasteiger partial charge in [-0.1, -0.05) is 36.4 Å². The number of fused-ring (bicyclic) bond motifs is 1. The van der Waals surface area contributed by atoms with E-state index >= 15 is 0 Å². The largest absolute Gasteiger partial charge is 0.369 e. The van der Waals surface area contributed by atoms with Crippen molar-refractivity contribution in [1.82, 2.24) is 15.6 Å². The molecule has 0 radical (unpaired) electrons. The molecule has 3 aromatic rings.